The Morgan fingerprint density at radius 1 is 0.885 bits per heavy atom. The molecule has 26 heavy (non-hydrogen) atoms. The Bertz CT molecular complexity index is 784. The van der Waals surface area contributed by atoms with E-state index in [9.17, 15) is 9.59 Å². The number of benzene rings is 2. The third kappa shape index (κ3) is 5.09. The fourth-order valence-electron chi connectivity index (χ4n) is 2.90. The number of amides is 1. The highest BCUT2D eigenvalue weighted by Gasteiger charge is 2.12. The molecular formula is C21H25NO4. The molecule has 0 heterocycles. The minimum Gasteiger partial charge on any atom is -0.481 e. The van der Waals surface area contributed by atoms with E-state index in [1.54, 1.807) is 0 Å². The van der Waals surface area contributed by atoms with Gasteiger partial charge in [0.15, 0.2) is 13.2 Å². The number of nitrogens with one attached hydrogen (secondary N) is 1. The Morgan fingerprint density at radius 3 is 2.04 bits per heavy atom. The zero-order valence-electron chi connectivity index (χ0n) is 15.9. The van der Waals surface area contributed by atoms with Crippen LogP contribution in [0.2, 0.25) is 0 Å². The minimum absolute atomic E-state index is 0.235. The molecule has 138 valence electrons. The van der Waals surface area contributed by atoms with Crippen LogP contribution in [-0.4, -0.2) is 25.1 Å². The molecule has 0 bridgehead atoms. The zero-order valence-corrected chi connectivity index (χ0v) is 15.9. The predicted octanol–water partition coefficient (Wildman–Crippen LogP) is 3.79. The van der Waals surface area contributed by atoms with Crippen molar-refractivity contribution in [2.24, 2.45) is 0 Å². The van der Waals surface area contributed by atoms with Crippen LogP contribution in [0.1, 0.15) is 27.8 Å². The van der Waals surface area contributed by atoms with Gasteiger partial charge in [-0.1, -0.05) is 35.9 Å². The number of aryl methyl sites for hydroxylation is 5. The molecule has 0 saturated heterocycles. The van der Waals surface area contributed by atoms with E-state index in [0.29, 0.717) is 5.75 Å². The summed E-state index contributed by atoms with van der Waals surface area (Å²) in [7, 11) is 0. The van der Waals surface area contributed by atoms with Gasteiger partial charge in [0.25, 0.3) is 5.91 Å². The average Bonchev–Trinajstić information content (AvgIpc) is 2.55. The van der Waals surface area contributed by atoms with Gasteiger partial charge in [-0.2, -0.15) is 0 Å². The molecule has 0 atom stereocenters. The third-order valence-electron chi connectivity index (χ3n) is 4.05. The summed E-state index contributed by atoms with van der Waals surface area (Å²) in [5.74, 6) is -0.291. The highest BCUT2D eigenvalue weighted by Crippen LogP contribution is 2.23. The van der Waals surface area contributed by atoms with Crippen molar-refractivity contribution in [3.8, 4) is 5.75 Å². The number of carbonyl (C=O) groups excluding carboxylic acids is 2. The average molecular weight is 355 g/mol. The maximum absolute atomic E-state index is 12.1. The molecule has 2 aromatic rings. The van der Waals surface area contributed by atoms with E-state index in [1.165, 1.54) is 0 Å². The first-order chi connectivity index (χ1) is 12.3. The van der Waals surface area contributed by atoms with Crippen LogP contribution in [0.5, 0.6) is 5.75 Å². The van der Waals surface area contributed by atoms with Gasteiger partial charge in [-0.05, 0) is 56.9 Å². The van der Waals surface area contributed by atoms with Crippen LogP contribution in [0, 0.1) is 34.6 Å². The van der Waals surface area contributed by atoms with Crippen LogP contribution < -0.4 is 10.1 Å². The summed E-state index contributed by atoms with van der Waals surface area (Å²) in [6.45, 7) is 9.10. The van der Waals surface area contributed by atoms with Gasteiger partial charge in [-0.3, -0.25) is 4.79 Å². The number of carbonyl (C=O) groups is 2. The van der Waals surface area contributed by atoms with Crippen LogP contribution in [0.25, 0.3) is 0 Å². The SMILES string of the molecule is Cc1cc(C)c(NC(=O)COC(=O)COc2c(C)cccc2C)c(C)c1. The number of esters is 1. The van der Waals surface area contributed by atoms with E-state index >= 15 is 0 Å². The maximum atomic E-state index is 12.1. The van der Waals surface area contributed by atoms with Gasteiger partial charge in [0.05, 0.1) is 0 Å². The van der Waals surface area contributed by atoms with Crippen LogP contribution in [0.3, 0.4) is 0 Å². The maximum Gasteiger partial charge on any atom is 0.344 e. The van der Waals surface area contributed by atoms with E-state index in [2.05, 4.69) is 5.32 Å². The number of para-hydroxylation sites is 1. The molecule has 2 rings (SSSR count). The van der Waals surface area contributed by atoms with Crippen molar-refractivity contribution < 1.29 is 19.1 Å². The third-order valence-corrected chi connectivity index (χ3v) is 4.05. The summed E-state index contributed by atoms with van der Waals surface area (Å²) in [6, 6.07) is 9.73. The molecule has 0 aliphatic rings. The number of ether oxygens (including phenoxy) is 2. The molecule has 5 heteroatoms. The standard InChI is InChI=1S/C21H25NO4/c1-13-9-16(4)20(17(5)10-13)22-18(23)11-25-19(24)12-26-21-14(2)7-6-8-15(21)3/h6-10H,11-12H2,1-5H3,(H,22,23). The van der Waals surface area contributed by atoms with E-state index in [0.717, 1.165) is 33.5 Å². The van der Waals surface area contributed by atoms with E-state index in [4.69, 9.17) is 9.47 Å². The molecule has 0 aliphatic heterocycles. The second kappa shape index (κ2) is 8.52. The van der Waals surface area contributed by atoms with E-state index < -0.39 is 5.97 Å². The minimum atomic E-state index is -0.583. The summed E-state index contributed by atoms with van der Waals surface area (Å²) >= 11 is 0. The Balaban J connectivity index is 1.85. The van der Waals surface area contributed by atoms with Crippen molar-refractivity contribution in [3.05, 3.63) is 58.1 Å². The highest BCUT2D eigenvalue weighted by molar-refractivity contribution is 5.94. The second-order valence-corrected chi connectivity index (χ2v) is 6.49. The van der Waals surface area contributed by atoms with Crippen LogP contribution in [0.15, 0.2) is 30.3 Å². The Hall–Kier alpha value is -2.82. The number of rotatable bonds is 6. The van der Waals surface area contributed by atoms with E-state index in [-0.39, 0.29) is 19.1 Å². The summed E-state index contributed by atoms with van der Waals surface area (Å²) < 4.78 is 10.5. The Morgan fingerprint density at radius 2 is 1.46 bits per heavy atom. The lowest BCUT2D eigenvalue weighted by Gasteiger charge is -2.13. The molecular weight excluding hydrogens is 330 g/mol. The topological polar surface area (TPSA) is 64.6 Å². The predicted molar refractivity (Wildman–Crippen MR) is 102 cm³/mol. The molecule has 0 aromatic heterocycles. The number of hydrogen-bond acceptors (Lipinski definition) is 4. The lowest BCUT2D eigenvalue weighted by atomic mass is 10.1. The van der Waals surface area contributed by atoms with Crippen LogP contribution in [-0.2, 0) is 14.3 Å². The summed E-state index contributed by atoms with van der Waals surface area (Å²) in [4.78, 5) is 23.9. The van der Waals surface area contributed by atoms with Crippen molar-refractivity contribution in [2.45, 2.75) is 34.6 Å². The molecule has 0 saturated carbocycles. The first-order valence-corrected chi connectivity index (χ1v) is 8.50. The summed E-state index contributed by atoms with van der Waals surface area (Å²) in [5, 5.41) is 2.80. The molecule has 1 N–H and O–H groups in total. The first kappa shape index (κ1) is 19.5. The molecule has 0 spiro atoms. The van der Waals surface area contributed by atoms with Crippen LogP contribution in [0.4, 0.5) is 5.69 Å². The monoisotopic (exact) mass is 355 g/mol. The van der Waals surface area contributed by atoms with Crippen molar-refractivity contribution in [3.63, 3.8) is 0 Å². The fraction of sp³-hybridized carbons (Fsp3) is 0.333. The van der Waals surface area contributed by atoms with Gasteiger partial charge in [-0.25, -0.2) is 4.79 Å². The van der Waals surface area contributed by atoms with Crippen LogP contribution >= 0.6 is 0 Å². The van der Waals surface area contributed by atoms with E-state index in [1.807, 2.05) is 65.0 Å². The molecule has 0 fully saturated rings. The van der Waals surface area contributed by atoms with Crippen molar-refractivity contribution >= 4 is 17.6 Å². The smallest absolute Gasteiger partial charge is 0.344 e. The van der Waals surface area contributed by atoms with Gasteiger partial charge >= 0.3 is 5.97 Å². The van der Waals surface area contributed by atoms with Gasteiger partial charge in [-0.15, -0.1) is 0 Å². The highest BCUT2D eigenvalue weighted by atomic mass is 16.6. The normalized spacial score (nSPS) is 10.3. The second-order valence-electron chi connectivity index (χ2n) is 6.49. The van der Waals surface area contributed by atoms with Gasteiger partial charge in [0.1, 0.15) is 5.75 Å². The van der Waals surface area contributed by atoms with Gasteiger partial charge < -0.3 is 14.8 Å². The summed E-state index contributed by atoms with van der Waals surface area (Å²) in [6.07, 6.45) is 0. The lowest BCUT2D eigenvalue weighted by molar-refractivity contribution is -0.149. The number of anilines is 1. The molecule has 0 unspecified atom stereocenters. The quantitative estimate of drug-likeness (QED) is 0.801. The van der Waals surface area contributed by atoms with Gasteiger partial charge in [0.2, 0.25) is 0 Å². The molecule has 5 nitrogen and oxygen atoms in total. The van der Waals surface area contributed by atoms with Crippen molar-refractivity contribution in [1.29, 1.82) is 0 Å². The number of hydrogen-bond donors (Lipinski definition) is 1. The van der Waals surface area contributed by atoms with Crippen molar-refractivity contribution in [1.82, 2.24) is 0 Å². The Kier molecular flexibility index (Phi) is 6.39. The zero-order chi connectivity index (χ0) is 19.3. The lowest BCUT2D eigenvalue weighted by Crippen LogP contribution is -2.24. The van der Waals surface area contributed by atoms with Crippen molar-refractivity contribution in [2.75, 3.05) is 18.5 Å². The first-order valence-electron chi connectivity index (χ1n) is 8.50. The van der Waals surface area contributed by atoms with Gasteiger partial charge in [0, 0.05) is 5.69 Å². The molecule has 1 amide bonds. The molecule has 0 radical (unpaired) electrons. The molecule has 2 aromatic carbocycles. The summed E-state index contributed by atoms with van der Waals surface area (Å²) in [5.41, 5.74) is 5.72. The fourth-order valence-corrected chi connectivity index (χ4v) is 2.90. The largest absolute Gasteiger partial charge is 0.481 e. The molecule has 0 aliphatic carbocycles. The Labute approximate surface area is 154 Å².